The molecule has 0 aliphatic rings. The Bertz CT molecular complexity index is 673. The lowest BCUT2D eigenvalue weighted by Gasteiger charge is -2.14. The van der Waals surface area contributed by atoms with E-state index in [0.29, 0.717) is 12.1 Å². The maximum Gasteiger partial charge on any atom is 0.313 e. The summed E-state index contributed by atoms with van der Waals surface area (Å²) in [6, 6.07) is 16.6. The van der Waals surface area contributed by atoms with Crippen molar-refractivity contribution < 1.29 is 14.3 Å². The van der Waals surface area contributed by atoms with Gasteiger partial charge in [-0.25, -0.2) is 0 Å². The Kier molecular flexibility index (Phi) is 6.35. The highest BCUT2D eigenvalue weighted by atomic mass is 79.9. The fraction of sp³-hybridized carbons (Fsp3) is 0.222. The molecule has 4 nitrogen and oxygen atoms in total. The maximum absolute atomic E-state index is 12.2. The van der Waals surface area contributed by atoms with Crippen molar-refractivity contribution in [3.05, 3.63) is 64.6 Å². The summed E-state index contributed by atoms with van der Waals surface area (Å²) in [5.74, 6) is -1.10. The zero-order valence-corrected chi connectivity index (χ0v) is 14.4. The fourth-order valence-corrected chi connectivity index (χ4v) is 2.62. The molecule has 0 saturated carbocycles. The second-order valence-electron chi connectivity index (χ2n) is 5.04. The zero-order chi connectivity index (χ0) is 16.7. The molecule has 5 heteroatoms. The molecule has 0 fully saturated rings. The van der Waals surface area contributed by atoms with Crippen molar-refractivity contribution in [2.24, 2.45) is 0 Å². The second-order valence-corrected chi connectivity index (χ2v) is 5.95. The van der Waals surface area contributed by atoms with Crippen LogP contribution < -0.4 is 5.32 Å². The van der Waals surface area contributed by atoms with E-state index in [-0.39, 0.29) is 24.4 Å². The Morgan fingerprint density at radius 1 is 1.13 bits per heavy atom. The van der Waals surface area contributed by atoms with E-state index >= 15 is 0 Å². The third kappa shape index (κ3) is 5.21. The topological polar surface area (TPSA) is 55.4 Å². The Morgan fingerprint density at radius 3 is 2.52 bits per heavy atom. The highest BCUT2D eigenvalue weighted by molar-refractivity contribution is 9.10. The Hall–Kier alpha value is -2.14. The fourth-order valence-electron chi connectivity index (χ4n) is 2.22. The van der Waals surface area contributed by atoms with E-state index in [1.54, 1.807) is 12.1 Å². The van der Waals surface area contributed by atoms with Gasteiger partial charge in [-0.05, 0) is 30.2 Å². The van der Waals surface area contributed by atoms with Crippen molar-refractivity contribution in [2.45, 2.75) is 19.3 Å². The van der Waals surface area contributed by atoms with Crippen molar-refractivity contribution in [3.8, 4) is 0 Å². The number of benzene rings is 2. The zero-order valence-electron chi connectivity index (χ0n) is 12.8. The van der Waals surface area contributed by atoms with E-state index in [1.165, 1.54) is 0 Å². The molecule has 0 aliphatic carbocycles. The summed E-state index contributed by atoms with van der Waals surface area (Å²) in [6.07, 6.45) is 0.621. The maximum atomic E-state index is 12.2. The molecular weight excluding hydrogens is 358 g/mol. The lowest BCUT2D eigenvalue weighted by Crippen LogP contribution is -2.23. The second kappa shape index (κ2) is 8.48. The molecule has 0 aliphatic heterocycles. The predicted molar refractivity (Wildman–Crippen MR) is 93.2 cm³/mol. The molecule has 2 rings (SSSR count). The lowest BCUT2D eigenvalue weighted by molar-refractivity contribution is -0.149. The molecule has 0 heterocycles. The van der Waals surface area contributed by atoms with Gasteiger partial charge < -0.3 is 10.1 Å². The number of anilines is 1. The smallest absolute Gasteiger partial charge is 0.313 e. The Morgan fingerprint density at radius 2 is 1.87 bits per heavy atom. The number of carbonyl (C=O) groups is 2. The van der Waals surface area contributed by atoms with Crippen molar-refractivity contribution >= 4 is 33.5 Å². The van der Waals surface area contributed by atoms with Gasteiger partial charge in [-0.3, -0.25) is 9.59 Å². The van der Waals surface area contributed by atoms with Crippen LogP contribution in [0.4, 0.5) is 5.69 Å². The number of amides is 1. The Balaban J connectivity index is 1.89. The van der Waals surface area contributed by atoms with Crippen LogP contribution in [0.5, 0.6) is 0 Å². The van der Waals surface area contributed by atoms with E-state index < -0.39 is 0 Å². The molecule has 0 unspecified atom stereocenters. The van der Waals surface area contributed by atoms with Crippen LogP contribution in [0, 0.1) is 0 Å². The molecule has 0 spiro atoms. The van der Waals surface area contributed by atoms with Gasteiger partial charge in [-0.1, -0.05) is 59.3 Å². The van der Waals surface area contributed by atoms with Gasteiger partial charge in [0.05, 0.1) is 5.92 Å². The standard InChI is InChI=1S/C18H18BrNO3/c1-2-16(13-7-4-3-5-8-13)18(22)23-12-17(21)20-15-10-6-9-14(19)11-15/h3-11,16H,2,12H2,1H3,(H,20,21)/t16-/m0/s1. The lowest BCUT2D eigenvalue weighted by atomic mass is 9.97. The first kappa shape index (κ1) is 17.2. The number of carbonyl (C=O) groups excluding carboxylic acids is 2. The molecule has 1 N–H and O–H groups in total. The normalized spacial score (nSPS) is 11.6. The average molecular weight is 376 g/mol. The van der Waals surface area contributed by atoms with Gasteiger partial charge in [0.2, 0.25) is 0 Å². The number of nitrogens with one attached hydrogen (secondary N) is 1. The molecule has 2 aromatic rings. The predicted octanol–water partition coefficient (Wildman–Crippen LogP) is 4.12. The van der Waals surface area contributed by atoms with Crippen molar-refractivity contribution in [2.75, 3.05) is 11.9 Å². The molecular formula is C18H18BrNO3. The molecule has 0 aromatic heterocycles. The van der Waals surface area contributed by atoms with Crippen LogP contribution in [0.15, 0.2) is 59.1 Å². The minimum atomic E-state index is -0.386. The molecule has 23 heavy (non-hydrogen) atoms. The first-order valence-electron chi connectivity index (χ1n) is 7.37. The highest BCUT2D eigenvalue weighted by Gasteiger charge is 2.20. The first-order chi connectivity index (χ1) is 11.1. The van der Waals surface area contributed by atoms with Gasteiger partial charge >= 0.3 is 5.97 Å². The van der Waals surface area contributed by atoms with Crippen molar-refractivity contribution in [1.82, 2.24) is 0 Å². The van der Waals surface area contributed by atoms with Gasteiger partial charge in [-0.15, -0.1) is 0 Å². The molecule has 1 amide bonds. The van der Waals surface area contributed by atoms with Gasteiger partial charge in [0, 0.05) is 10.2 Å². The number of esters is 1. The molecule has 1 atom stereocenters. The third-order valence-corrected chi connectivity index (χ3v) is 3.84. The minimum absolute atomic E-state index is 0.297. The molecule has 2 aromatic carbocycles. The van der Waals surface area contributed by atoms with E-state index in [9.17, 15) is 9.59 Å². The van der Waals surface area contributed by atoms with Crippen LogP contribution in [-0.4, -0.2) is 18.5 Å². The highest BCUT2D eigenvalue weighted by Crippen LogP contribution is 2.21. The van der Waals surface area contributed by atoms with Crippen LogP contribution >= 0.6 is 15.9 Å². The summed E-state index contributed by atoms with van der Waals surface area (Å²) in [7, 11) is 0. The van der Waals surface area contributed by atoms with E-state index in [2.05, 4.69) is 21.2 Å². The number of halogens is 1. The summed E-state index contributed by atoms with van der Waals surface area (Å²) >= 11 is 3.33. The van der Waals surface area contributed by atoms with Gasteiger partial charge in [0.25, 0.3) is 5.91 Å². The summed E-state index contributed by atoms with van der Waals surface area (Å²) in [5.41, 5.74) is 1.54. The van der Waals surface area contributed by atoms with Crippen LogP contribution in [0.3, 0.4) is 0 Å². The van der Waals surface area contributed by atoms with Crippen LogP contribution in [0.2, 0.25) is 0 Å². The van der Waals surface area contributed by atoms with E-state index in [1.807, 2.05) is 49.4 Å². The summed E-state index contributed by atoms with van der Waals surface area (Å²) in [4.78, 5) is 24.0. The summed E-state index contributed by atoms with van der Waals surface area (Å²) in [6.45, 7) is 1.62. The number of rotatable bonds is 6. The minimum Gasteiger partial charge on any atom is -0.455 e. The van der Waals surface area contributed by atoms with Gasteiger partial charge in [0.15, 0.2) is 6.61 Å². The van der Waals surface area contributed by atoms with Crippen molar-refractivity contribution in [1.29, 1.82) is 0 Å². The first-order valence-corrected chi connectivity index (χ1v) is 8.16. The third-order valence-electron chi connectivity index (χ3n) is 3.35. The number of hydrogen-bond acceptors (Lipinski definition) is 3. The van der Waals surface area contributed by atoms with Crippen LogP contribution in [0.1, 0.15) is 24.8 Å². The molecule has 0 bridgehead atoms. The SMILES string of the molecule is CC[C@H](C(=O)OCC(=O)Nc1cccc(Br)c1)c1ccccc1. The molecule has 0 saturated heterocycles. The van der Waals surface area contributed by atoms with E-state index in [0.717, 1.165) is 10.0 Å². The number of hydrogen-bond donors (Lipinski definition) is 1. The summed E-state index contributed by atoms with van der Waals surface area (Å²) in [5, 5.41) is 2.69. The molecule has 120 valence electrons. The Labute approximate surface area is 144 Å². The number of ether oxygens (including phenoxy) is 1. The monoisotopic (exact) mass is 375 g/mol. The van der Waals surface area contributed by atoms with Crippen LogP contribution in [-0.2, 0) is 14.3 Å². The van der Waals surface area contributed by atoms with Crippen LogP contribution in [0.25, 0.3) is 0 Å². The average Bonchev–Trinajstić information content (AvgIpc) is 2.55. The molecule has 0 radical (unpaired) electrons. The summed E-state index contributed by atoms with van der Waals surface area (Å²) < 4.78 is 6.01. The van der Waals surface area contributed by atoms with Gasteiger partial charge in [-0.2, -0.15) is 0 Å². The van der Waals surface area contributed by atoms with Crippen molar-refractivity contribution in [3.63, 3.8) is 0 Å². The van der Waals surface area contributed by atoms with Gasteiger partial charge in [0.1, 0.15) is 0 Å². The quantitative estimate of drug-likeness (QED) is 0.772. The van der Waals surface area contributed by atoms with E-state index in [4.69, 9.17) is 4.74 Å². The largest absolute Gasteiger partial charge is 0.455 e.